The Morgan fingerprint density at radius 1 is 1.09 bits per heavy atom. The fourth-order valence-electron chi connectivity index (χ4n) is 4.75. The molecule has 7 nitrogen and oxygen atoms in total. The fraction of sp³-hybridized carbons (Fsp3) is 0.269. The number of aliphatic carboxylic acids is 1. The number of rotatable bonds is 7. The Balaban J connectivity index is 0.00000289. The molecule has 1 N–H and O–H groups in total. The average Bonchev–Trinajstić information content (AvgIpc) is 3.24. The van der Waals surface area contributed by atoms with Crippen molar-refractivity contribution in [3.8, 4) is 5.75 Å². The van der Waals surface area contributed by atoms with E-state index in [1.807, 2.05) is 36.4 Å². The number of fused-ring (bicyclic) bond motifs is 2. The quantitative estimate of drug-likeness (QED) is 0.461. The van der Waals surface area contributed by atoms with Gasteiger partial charge in [-0.3, -0.25) is 4.31 Å². The first-order valence-electron chi connectivity index (χ1n) is 11.3. The third kappa shape index (κ3) is 5.21. The van der Waals surface area contributed by atoms with Crippen LogP contribution in [0.3, 0.4) is 0 Å². The SMILES string of the molecule is O=C([O-])CC1COc2cc(NCc3cccc4c3N(S(=O)(=O)c3ccccc3)CCC4)ccc21.[Na+]. The molecule has 1 atom stereocenters. The molecule has 9 heteroatoms. The molecule has 0 aromatic heterocycles. The molecule has 5 rings (SSSR count). The Morgan fingerprint density at radius 3 is 2.66 bits per heavy atom. The number of ether oxygens (including phenoxy) is 1. The zero-order chi connectivity index (χ0) is 23.7. The van der Waals surface area contributed by atoms with Crippen LogP contribution >= 0.6 is 0 Å². The van der Waals surface area contributed by atoms with Crippen LogP contribution in [0, 0.1) is 0 Å². The summed E-state index contributed by atoms with van der Waals surface area (Å²) < 4.78 is 34.1. The number of hydrogen-bond donors (Lipinski definition) is 1. The Morgan fingerprint density at radius 2 is 1.89 bits per heavy atom. The fourth-order valence-corrected chi connectivity index (χ4v) is 6.35. The van der Waals surface area contributed by atoms with Crippen molar-refractivity contribution in [3.05, 3.63) is 83.4 Å². The molecule has 3 aromatic rings. The molecular weight excluding hydrogens is 475 g/mol. The number of nitrogens with zero attached hydrogens (tertiary/aromatic N) is 1. The molecule has 2 aliphatic rings. The zero-order valence-electron chi connectivity index (χ0n) is 19.6. The number of hydrogen-bond acceptors (Lipinski definition) is 6. The van der Waals surface area contributed by atoms with E-state index in [-0.39, 0.29) is 46.8 Å². The topological polar surface area (TPSA) is 98.8 Å². The van der Waals surface area contributed by atoms with Gasteiger partial charge in [0.05, 0.1) is 17.2 Å². The second kappa shape index (κ2) is 10.6. The molecule has 0 radical (unpaired) electrons. The maximum Gasteiger partial charge on any atom is 1.00 e. The van der Waals surface area contributed by atoms with Crippen LogP contribution < -0.4 is 49.0 Å². The van der Waals surface area contributed by atoms with Gasteiger partial charge in [0, 0.05) is 42.3 Å². The number of nitrogens with one attached hydrogen (secondary N) is 1. The Kier molecular flexibility index (Phi) is 7.76. The molecule has 0 aliphatic carbocycles. The standard InChI is InChI=1S/C26H26N2O5S.Na/c29-25(30)14-20-17-33-24-15-21(11-12-23(20)24)27-16-19-7-4-6-18-8-5-13-28(26(18)19)34(31,32)22-9-2-1-3-10-22;/h1-4,6-7,9-12,15,20,27H,5,8,13-14,16-17H2,(H,29,30);/q;+1/p-1. The molecule has 0 spiro atoms. The van der Waals surface area contributed by atoms with Crippen LogP contribution in [-0.4, -0.2) is 27.5 Å². The first kappa shape index (κ1) is 25.6. The van der Waals surface area contributed by atoms with Crippen LogP contribution in [0.4, 0.5) is 11.4 Å². The summed E-state index contributed by atoms with van der Waals surface area (Å²) in [4.78, 5) is 11.3. The number of anilines is 2. The largest absolute Gasteiger partial charge is 1.00 e. The summed E-state index contributed by atoms with van der Waals surface area (Å²) in [5, 5.41) is 14.3. The van der Waals surface area contributed by atoms with Gasteiger partial charge in [0.1, 0.15) is 5.75 Å². The summed E-state index contributed by atoms with van der Waals surface area (Å²) in [6.45, 7) is 1.20. The van der Waals surface area contributed by atoms with Gasteiger partial charge in [-0.15, -0.1) is 0 Å². The number of carboxylic acids is 1. The van der Waals surface area contributed by atoms with Crippen molar-refractivity contribution >= 4 is 27.4 Å². The van der Waals surface area contributed by atoms with E-state index >= 15 is 0 Å². The summed E-state index contributed by atoms with van der Waals surface area (Å²) in [7, 11) is -3.67. The normalized spacial score (nSPS) is 16.5. The molecular formula is C26H25N2NaO5S. The summed E-state index contributed by atoms with van der Waals surface area (Å²) in [6.07, 6.45) is 1.53. The maximum absolute atomic E-state index is 13.5. The van der Waals surface area contributed by atoms with Gasteiger partial charge in [-0.1, -0.05) is 42.5 Å². The van der Waals surface area contributed by atoms with Gasteiger partial charge in [0.25, 0.3) is 10.0 Å². The van der Waals surface area contributed by atoms with Crippen LogP contribution in [-0.2, 0) is 27.8 Å². The van der Waals surface area contributed by atoms with Crippen molar-refractivity contribution in [2.24, 2.45) is 0 Å². The number of carbonyl (C=O) groups excluding carboxylic acids is 1. The predicted octanol–water partition coefficient (Wildman–Crippen LogP) is 0.0602. The van der Waals surface area contributed by atoms with Gasteiger partial charge < -0.3 is 20.0 Å². The van der Waals surface area contributed by atoms with Crippen molar-refractivity contribution in [2.75, 3.05) is 22.8 Å². The van der Waals surface area contributed by atoms with Crippen LogP contribution in [0.25, 0.3) is 0 Å². The van der Waals surface area contributed by atoms with Gasteiger partial charge in [0.15, 0.2) is 0 Å². The average molecular weight is 501 g/mol. The second-order valence-electron chi connectivity index (χ2n) is 8.61. The molecule has 0 fully saturated rings. The summed E-state index contributed by atoms with van der Waals surface area (Å²) in [5.74, 6) is -0.626. The van der Waals surface area contributed by atoms with Crippen molar-refractivity contribution in [1.82, 2.24) is 0 Å². The van der Waals surface area contributed by atoms with Crippen molar-refractivity contribution in [1.29, 1.82) is 0 Å². The first-order valence-corrected chi connectivity index (χ1v) is 12.8. The van der Waals surface area contributed by atoms with E-state index in [0.717, 1.165) is 40.9 Å². The smallest absolute Gasteiger partial charge is 0.550 e. The molecule has 35 heavy (non-hydrogen) atoms. The van der Waals surface area contributed by atoms with E-state index in [1.54, 1.807) is 30.3 Å². The number of para-hydroxylation sites is 1. The molecule has 0 amide bonds. The molecule has 2 heterocycles. The predicted molar refractivity (Wildman–Crippen MR) is 127 cm³/mol. The number of carbonyl (C=O) groups is 1. The van der Waals surface area contributed by atoms with Gasteiger partial charge >= 0.3 is 29.6 Å². The van der Waals surface area contributed by atoms with Gasteiger partial charge in [0.2, 0.25) is 0 Å². The third-order valence-corrected chi connectivity index (χ3v) is 8.19. The van der Waals surface area contributed by atoms with Crippen molar-refractivity contribution < 1.29 is 52.6 Å². The number of sulfonamides is 1. The number of benzene rings is 3. The van der Waals surface area contributed by atoms with Crippen LogP contribution in [0.2, 0.25) is 0 Å². The molecule has 3 aromatic carbocycles. The van der Waals surface area contributed by atoms with E-state index in [1.165, 1.54) is 4.31 Å². The first-order chi connectivity index (χ1) is 16.4. The third-order valence-electron chi connectivity index (χ3n) is 6.38. The molecule has 176 valence electrons. The molecule has 1 unspecified atom stereocenters. The van der Waals surface area contributed by atoms with Crippen LogP contribution in [0.15, 0.2) is 71.6 Å². The molecule has 0 saturated carbocycles. The number of aryl methyl sites for hydroxylation is 1. The van der Waals surface area contributed by atoms with Gasteiger partial charge in [-0.25, -0.2) is 8.42 Å². The van der Waals surface area contributed by atoms with E-state index in [9.17, 15) is 18.3 Å². The summed E-state index contributed by atoms with van der Waals surface area (Å²) in [6, 6.07) is 20.1. The van der Waals surface area contributed by atoms with E-state index < -0.39 is 16.0 Å². The second-order valence-corrected chi connectivity index (χ2v) is 10.5. The van der Waals surface area contributed by atoms with Gasteiger partial charge in [-0.2, -0.15) is 0 Å². The minimum Gasteiger partial charge on any atom is -0.550 e. The molecule has 0 bridgehead atoms. The van der Waals surface area contributed by atoms with E-state index in [0.29, 0.717) is 25.4 Å². The van der Waals surface area contributed by atoms with E-state index in [4.69, 9.17) is 4.74 Å². The minimum absolute atomic E-state index is 0. The Labute approximate surface area is 227 Å². The van der Waals surface area contributed by atoms with Crippen LogP contribution in [0.1, 0.15) is 35.4 Å². The Bertz CT molecular complexity index is 1330. The number of carboxylic acid groups (broad SMARTS) is 1. The summed E-state index contributed by atoms with van der Waals surface area (Å²) in [5.41, 5.74) is 4.35. The monoisotopic (exact) mass is 500 g/mol. The van der Waals surface area contributed by atoms with Gasteiger partial charge in [-0.05, 0) is 48.6 Å². The minimum atomic E-state index is -3.67. The Hall–Kier alpha value is -2.52. The molecule has 0 saturated heterocycles. The van der Waals surface area contributed by atoms with Crippen molar-refractivity contribution in [2.45, 2.75) is 36.6 Å². The zero-order valence-corrected chi connectivity index (χ0v) is 22.4. The molecule has 2 aliphatic heterocycles. The summed E-state index contributed by atoms with van der Waals surface area (Å²) >= 11 is 0. The van der Waals surface area contributed by atoms with Crippen LogP contribution in [0.5, 0.6) is 5.75 Å². The van der Waals surface area contributed by atoms with E-state index in [2.05, 4.69) is 5.32 Å². The van der Waals surface area contributed by atoms with Crippen molar-refractivity contribution in [3.63, 3.8) is 0 Å². The maximum atomic E-state index is 13.5.